The van der Waals surface area contributed by atoms with Crippen LogP contribution in [-0.4, -0.2) is 0 Å². The second kappa shape index (κ2) is 6.37. The van der Waals surface area contributed by atoms with Crippen molar-refractivity contribution >= 4 is 21.5 Å². The van der Waals surface area contributed by atoms with E-state index in [2.05, 4.69) is 79.7 Å². The van der Waals surface area contributed by atoms with Crippen LogP contribution in [0, 0.1) is 0 Å². The molecule has 0 aliphatic rings. The van der Waals surface area contributed by atoms with Crippen molar-refractivity contribution in [2.24, 2.45) is 0 Å². The van der Waals surface area contributed by atoms with Crippen LogP contribution in [0.5, 0.6) is 11.5 Å². The molecule has 0 bridgehead atoms. The summed E-state index contributed by atoms with van der Waals surface area (Å²) in [5.74, 6) is 1.79. The van der Waals surface area contributed by atoms with Gasteiger partial charge in [-0.15, -0.1) is 0 Å². The van der Waals surface area contributed by atoms with E-state index in [1.165, 1.54) is 21.7 Å². The Labute approximate surface area is 142 Å². The van der Waals surface area contributed by atoms with Crippen molar-refractivity contribution in [1.82, 2.24) is 0 Å². The molecule has 4 rings (SSSR count). The van der Waals surface area contributed by atoms with Gasteiger partial charge < -0.3 is 4.74 Å². The van der Waals surface area contributed by atoms with E-state index >= 15 is 0 Å². The predicted molar refractivity (Wildman–Crippen MR) is 102 cm³/mol. The first-order valence-electron chi connectivity index (χ1n) is 8.52. The summed E-state index contributed by atoms with van der Waals surface area (Å²) in [6.45, 7) is 2.20. The summed E-state index contributed by atoms with van der Waals surface area (Å²) in [5.41, 5.74) is 1.36. The molecule has 0 saturated heterocycles. The van der Waals surface area contributed by atoms with Crippen LogP contribution in [-0.2, 0) is 6.42 Å². The Balaban J connectivity index is 1.74. The van der Waals surface area contributed by atoms with Crippen LogP contribution in [0.25, 0.3) is 21.5 Å². The molecule has 0 aliphatic heterocycles. The zero-order valence-electron chi connectivity index (χ0n) is 13.8. The average Bonchev–Trinajstić information content (AvgIpc) is 2.62. The van der Waals surface area contributed by atoms with E-state index < -0.39 is 0 Å². The molecule has 0 atom stereocenters. The van der Waals surface area contributed by atoms with Crippen molar-refractivity contribution in [3.05, 3.63) is 84.4 Å². The van der Waals surface area contributed by atoms with E-state index in [1.54, 1.807) is 0 Å². The van der Waals surface area contributed by atoms with Gasteiger partial charge in [0.05, 0.1) is 0 Å². The van der Waals surface area contributed by atoms with Crippen LogP contribution in [0.2, 0.25) is 0 Å². The molecule has 1 heteroatoms. The highest BCUT2D eigenvalue weighted by atomic mass is 16.5. The normalized spacial score (nSPS) is 11.0. The second-order valence-electron chi connectivity index (χ2n) is 6.17. The van der Waals surface area contributed by atoms with E-state index in [0.717, 1.165) is 29.7 Å². The fourth-order valence-electron chi connectivity index (χ4n) is 3.17. The maximum absolute atomic E-state index is 6.17. The van der Waals surface area contributed by atoms with Gasteiger partial charge in [0, 0.05) is 5.39 Å². The summed E-state index contributed by atoms with van der Waals surface area (Å²) in [4.78, 5) is 0. The second-order valence-corrected chi connectivity index (χ2v) is 6.17. The van der Waals surface area contributed by atoms with E-state index in [4.69, 9.17) is 4.74 Å². The fraction of sp³-hybridized carbons (Fsp3) is 0.130. The number of rotatable bonds is 4. The molecule has 0 spiro atoms. The third-order valence-corrected chi connectivity index (χ3v) is 4.40. The van der Waals surface area contributed by atoms with Crippen LogP contribution < -0.4 is 4.74 Å². The highest BCUT2D eigenvalue weighted by Gasteiger charge is 2.05. The predicted octanol–water partition coefficient (Wildman–Crippen LogP) is 6.74. The van der Waals surface area contributed by atoms with Crippen LogP contribution in [0.1, 0.15) is 18.9 Å². The molecular formula is C23H20O. The van der Waals surface area contributed by atoms with Gasteiger partial charge in [-0.1, -0.05) is 61.9 Å². The Hall–Kier alpha value is -2.80. The summed E-state index contributed by atoms with van der Waals surface area (Å²) >= 11 is 0. The maximum atomic E-state index is 6.17. The molecule has 0 aliphatic carbocycles. The number of ether oxygens (including phenoxy) is 1. The maximum Gasteiger partial charge on any atom is 0.135 e. The molecule has 0 fully saturated rings. The highest BCUT2D eigenvalue weighted by molar-refractivity contribution is 6.00. The van der Waals surface area contributed by atoms with Crippen molar-refractivity contribution in [2.75, 3.05) is 0 Å². The molecule has 118 valence electrons. The average molecular weight is 312 g/mol. The number of benzene rings is 4. The molecular weight excluding hydrogens is 292 g/mol. The Morgan fingerprint density at radius 3 is 2.17 bits per heavy atom. The Bertz CT molecular complexity index is 984. The van der Waals surface area contributed by atoms with Crippen LogP contribution in [0.4, 0.5) is 0 Å². The van der Waals surface area contributed by atoms with Gasteiger partial charge in [0.15, 0.2) is 0 Å². The van der Waals surface area contributed by atoms with Gasteiger partial charge in [-0.05, 0) is 58.5 Å². The lowest BCUT2D eigenvalue weighted by Gasteiger charge is -2.11. The summed E-state index contributed by atoms with van der Waals surface area (Å²) in [6.07, 6.45) is 2.27. The molecule has 0 amide bonds. The van der Waals surface area contributed by atoms with Gasteiger partial charge in [0.25, 0.3) is 0 Å². The van der Waals surface area contributed by atoms with Gasteiger partial charge in [0.1, 0.15) is 11.5 Å². The first-order chi connectivity index (χ1) is 11.8. The third kappa shape index (κ3) is 2.85. The quantitative estimate of drug-likeness (QED) is 0.379. The van der Waals surface area contributed by atoms with Gasteiger partial charge in [-0.2, -0.15) is 0 Å². The lowest BCUT2D eigenvalue weighted by molar-refractivity contribution is 0.488. The Kier molecular flexibility index (Phi) is 3.92. The minimum absolute atomic E-state index is 0.885. The van der Waals surface area contributed by atoms with Crippen molar-refractivity contribution in [1.29, 1.82) is 0 Å². The number of aryl methyl sites for hydroxylation is 1. The smallest absolute Gasteiger partial charge is 0.135 e. The highest BCUT2D eigenvalue weighted by Crippen LogP contribution is 2.33. The van der Waals surface area contributed by atoms with Gasteiger partial charge >= 0.3 is 0 Å². The topological polar surface area (TPSA) is 9.23 Å². The molecule has 4 aromatic carbocycles. The lowest BCUT2D eigenvalue weighted by Crippen LogP contribution is -1.88. The third-order valence-electron chi connectivity index (χ3n) is 4.40. The van der Waals surface area contributed by atoms with E-state index in [0.29, 0.717) is 0 Å². The van der Waals surface area contributed by atoms with Gasteiger partial charge in [-0.25, -0.2) is 0 Å². The molecule has 0 unspecified atom stereocenters. The molecule has 0 radical (unpaired) electrons. The van der Waals surface area contributed by atoms with Gasteiger partial charge in [-0.3, -0.25) is 0 Å². The number of fused-ring (bicyclic) bond motifs is 2. The zero-order chi connectivity index (χ0) is 16.4. The zero-order valence-corrected chi connectivity index (χ0v) is 13.8. The van der Waals surface area contributed by atoms with Crippen molar-refractivity contribution < 1.29 is 4.74 Å². The SMILES string of the molecule is CCCc1ccc(Oc2cccc3cc4ccccc4cc23)cc1. The minimum Gasteiger partial charge on any atom is -0.457 e. The molecule has 4 aromatic rings. The number of hydrogen-bond acceptors (Lipinski definition) is 1. The first kappa shape index (κ1) is 14.8. The summed E-state index contributed by atoms with van der Waals surface area (Å²) < 4.78 is 6.17. The van der Waals surface area contributed by atoms with Crippen LogP contribution in [0.3, 0.4) is 0 Å². The first-order valence-corrected chi connectivity index (χ1v) is 8.52. The lowest BCUT2D eigenvalue weighted by atomic mass is 10.0. The van der Waals surface area contributed by atoms with E-state index in [9.17, 15) is 0 Å². The minimum atomic E-state index is 0.885. The summed E-state index contributed by atoms with van der Waals surface area (Å²) in [7, 11) is 0. The largest absolute Gasteiger partial charge is 0.457 e. The van der Waals surface area contributed by atoms with E-state index in [-0.39, 0.29) is 0 Å². The summed E-state index contributed by atoms with van der Waals surface area (Å²) in [6, 6.07) is 27.5. The van der Waals surface area contributed by atoms with Crippen LogP contribution in [0.15, 0.2) is 78.9 Å². The van der Waals surface area contributed by atoms with Crippen LogP contribution >= 0.6 is 0 Å². The molecule has 24 heavy (non-hydrogen) atoms. The standard InChI is InChI=1S/C23H20O/c1-2-6-17-11-13-21(14-12-17)24-23-10-5-9-20-15-18-7-3-4-8-19(18)16-22(20)23/h3-5,7-16H,2,6H2,1H3. The van der Waals surface area contributed by atoms with E-state index in [1.807, 2.05) is 6.07 Å². The Morgan fingerprint density at radius 2 is 1.42 bits per heavy atom. The summed E-state index contributed by atoms with van der Waals surface area (Å²) in [5, 5.41) is 4.84. The molecule has 1 nitrogen and oxygen atoms in total. The monoisotopic (exact) mass is 312 g/mol. The molecule has 0 aromatic heterocycles. The van der Waals surface area contributed by atoms with Crippen molar-refractivity contribution in [3.8, 4) is 11.5 Å². The van der Waals surface area contributed by atoms with Gasteiger partial charge in [0.2, 0.25) is 0 Å². The van der Waals surface area contributed by atoms with Crippen molar-refractivity contribution in [2.45, 2.75) is 19.8 Å². The Morgan fingerprint density at radius 1 is 0.708 bits per heavy atom. The molecule has 0 N–H and O–H groups in total. The fourth-order valence-corrected chi connectivity index (χ4v) is 3.17. The molecule has 0 heterocycles. The van der Waals surface area contributed by atoms with Crippen molar-refractivity contribution in [3.63, 3.8) is 0 Å². The molecule has 0 saturated carbocycles. The number of hydrogen-bond donors (Lipinski definition) is 0.